The second-order valence-corrected chi connectivity index (χ2v) is 7.09. The van der Waals surface area contributed by atoms with Crippen LogP contribution in [0.2, 0.25) is 0 Å². The zero-order chi connectivity index (χ0) is 15.7. The van der Waals surface area contributed by atoms with Gasteiger partial charge in [0.15, 0.2) is 0 Å². The second kappa shape index (κ2) is 5.80. The third kappa shape index (κ3) is 3.04. The number of nitrogens with zero attached hydrogens (tertiary/aromatic N) is 5. The van der Waals surface area contributed by atoms with Crippen LogP contribution in [-0.2, 0) is 12.1 Å². The van der Waals surface area contributed by atoms with E-state index < -0.39 is 0 Å². The van der Waals surface area contributed by atoms with Crippen molar-refractivity contribution in [2.24, 2.45) is 0 Å². The molecule has 5 heteroatoms. The molecule has 0 radical (unpaired) electrons. The molecule has 0 N–H and O–H groups in total. The Bertz CT molecular complexity index is 640. The van der Waals surface area contributed by atoms with Gasteiger partial charge in [-0.25, -0.2) is 9.67 Å². The molecule has 1 saturated heterocycles. The van der Waals surface area contributed by atoms with Crippen LogP contribution in [0.1, 0.15) is 56.9 Å². The Hall–Kier alpha value is -1.75. The number of aryl methyl sites for hydroxylation is 1. The van der Waals surface area contributed by atoms with Crippen LogP contribution in [0.15, 0.2) is 24.5 Å². The fourth-order valence-corrected chi connectivity index (χ4v) is 3.22. The first-order valence-corrected chi connectivity index (χ1v) is 8.02. The average Bonchev–Trinajstić information content (AvgIpc) is 3.07. The summed E-state index contributed by atoms with van der Waals surface area (Å²) in [7, 11) is 0. The van der Waals surface area contributed by atoms with Gasteiger partial charge in [-0.2, -0.15) is 5.10 Å². The molecule has 0 aliphatic carbocycles. The Morgan fingerprint density at radius 3 is 2.82 bits per heavy atom. The van der Waals surface area contributed by atoms with Crippen LogP contribution in [0, 0.1) is 6.92 Å². The van der Waals surface area contributed by atoms with Gasteiger partial charge in [0.1, 0.15) is 12.2 Å². The lowest BCUT2D eigenvalue weighted by Gasteiger charge is -2.26. The monoisotopic (exact) mass is 299 g/mol. The minimum Gasteiger partial charge on any atom is -0.287 e. The first-order chi connectivity index (χ1) is 10.4. The summed E-state index contributed by atoms with van der Waals surface area (Å²) in [6.07, 6.45) is 4.04. The van der Waals surface area contributed by atoms with E-state index in [-0.39, 0.29) is 5.54 Å². The van der Waals surface area contributed by atoms with E-state index in [0.29, 0.717) is 6.04 Å². The van der Waals surface area contributed by atoms with Gasteiger partial charge in [0.2, 0.25) is 0 Å². The maximum atomic E-state index is 4.72. The number of aromatic nitrogens is 4. The lowest BCUT2D eigenvalue weighted by Crippen LogP contribution is -2.30. The highest BCUT2D eigenvalue weighted by Gasteiger charge is 2.29. The maximum absolute atomic E-state index is 4.72. The summed E-state index contributed by atoms with van der Waals surface area (Å²) in [4.78, 5) is 11.7. The Balaban J connectivity index is 1.82. The van der Waals surface area contributed by atoms with Crippen LogP contribution >= 0.6 is 0 Å². The molecule has 118 valence electrons. The molecule has 1 unspecified atom stereocenters. The average molecular weight is 299 g/mol. The van der Waals surface area contributed by atoms with E-state index in [1.807, 2.05) is 4.68 Å². The number of rotatable bonds is 3. The van der Waals surface area contributed by atoms with Crippen molar-refractivity contribution in [2.45, 2.75) is 58.7 Å². The number of hydrogen-bond donors (Lipinski definition) is 0. The minimum absolute atomic E-state index is 0.0390. The van der Waals surface area contributed by atoms with E-state index in [1.165, 1.54) is 18.5 Å². The molecule has 0 spiro atoms. The zero-order valence-corrected chi connectivity index (χ0v) is 14.0. The van der Waals surface area contributed by atoms with E-state index in [2.05, 4.69) is 60.9 Å². The SMILES string of the molecule is Cc1cccc(C2CCCN2Cc2ncnn2C(C)(C)C)n1. The van der Waals surface area contributed by atoms with E-state index in [1.54, 1.807) is 6.33 Å². The molecule has 0 bridgehead atoms. The lowest BCUT2D eigenvalue weighted by molar-refractivity contribution is 0.222. The summed E-state index contributed by atoms with van der Waals surface area (Å²) in [5.41, 5.74) is 2.23. The van der Waals surface area contributed by atoms with Crippen LogP contribution < -0.4 is 0 Å². The molecule has 1 fully saturated rings. The highest BCUT2D eigenvalue weighted by atomic mass is 15.4. The van der Waals surface area contributed by atoms with Gasteiger partial charge < -0.3 is 0 Å². The van der Waals surface area contributed by atoms with Crippen LogP contribution in [-0.4, -0.2) is 31.2 Å². The molecule has 2 aromatic heterocycles. The number of likely N-dealkylation sites (tertiary alicyclic amines) is 1. The summed E-state index contributed by atoms with van der Waals surface area (Å²) in [5.74, 6) is 1.03. The highest BCUT2D eigenvalue weighted by Crippen LogP contribution is 2.32. The molecule has 3 rings (SSSR count). The van der Waals surface area contributed by atoms with Crippen molar-refractivity contribution in [1.82, 2.24) is 24.6 Å². The van der Waals surface area contributed by atoms with Crippen molar-refractivity contribution in [2.75, 3.05) is 6.54 Å². The third-order valence-corrected chi connectivity index (χ3v) is 4.21. The molecule has 1 atom stereocenters. The van der Waals surface area contributed by atoms with Crippen molar-refractivity contribution in [1.29, 1.82) is 0 Å². The molecule has 2 aromatic rings. The molecule has 0 amide bonds. The molecule has 22 heavy (non-hydrogen) atoms. The summed E-state index contributed by atoms with van der Waals surface area (Å²) in [6, 6.07) is 6.69. The van der Waals surface area contributed by atoms with Crippen LogP contribution in [0.5, 0.6) is 0 Å². The topological polar surface area (TPSA) is 46.8 Å². The zero-order valence-electron chi connectivity index (χ0n) is 14.0. The molecule has 3 heterocycles. The third-order valence-electron chi connectivity index (χ3n) is 4.21. The van der Waals surface area contributed by atoms with E-state index >= 15 is 0 Å². The van der Waals surface area contributed by atoms with Crippen LogP contribution in [0.4, 0.5) is 0 Å². The Kier molecular flexibility index (Phi) is 4.00. The van der Waals surface area contributed by atoms with Crippen molar-refractivity contribution < 1.29 is 0 Å². The van der Waals surface area contributed by atoms with Crippen molar-refractivity contribution >= 4 is 0 Å². The van der Waals surface area contributed by atoms with Gasteiger partial charge in [-0.15, -0.1) is 0 Å². The highest BCUT2D eigenvalue weighted by molar-refractivity contribution is 5.15. The predicted octanol–water partition coefficient (Wildman–Crippen LogP) is 3.07. The molecule has 0 aromatic carbocycles. The fourth-order valence-electron chi connectivity index (χ4n) is 3.22. The molecule has 1 aliphatic rings. The quantitative estimate of drug-likeness (QED) is 0.874. The summed E-state index contributed by atoms with van der Waals surface area (Å²) in [5, 5.41) is 4.40. The molecule has 0 saturated carbocycles. The van der Waals surface area contributed by atoms with Crippen molar-refractivity contribution in [3.63, 3.8) is 0 Å². The van der Waals surface area contributed by atoms with Gasteiger partial charge in [0.25, 0.3) is 0 Å². The Labute approximate surface area is 132 Å². The molecule has 1 aliphatic heterocycles. The standard InChI is InChI=1S/C17H25N5/c1-13-7-5-8-14(20-13)15-9-6-10-21(15)11-16-18-12-19-22(16)17(2,3)4/h5,7-8,12,15H,6,9-11H2,1-4H3. The maximum Gasteiger partial charge on any atom is 0.141 e. The molecule has 5 nitrogen and oxygen atoms in total. The lowest BCUT2D eigenvalue weighted by atomic mass is 10.1. The van der Waals surface area contributed by atoms with Gasteiger partial charge in [0, 0.05) is 5.69 Å². The van der Waals surface area contributed by atoms with Gasteiger partial charge in [-0.3, -0.25) is 9.88 Å². The van der Waals surface area contributed by atoms with Gasteiger partial charge in [-0.1, -0.05) is 6.07 Å². The van der Waals surface area contributed by atoms with Crippen molar-refractivity contribution in [3.8, 4) is 0 Å². The normalized spacial score (nSPS) is 19.7. The largest absolute Gasteiger partial charge is 0.287 e. The fraction of sp³-hybridized carbons (Fsp3) is 0.588. The van der Waals surface area contributed by atoms with Gasteiger partial charge >= 0.3 is 0 Å². The number of hydrogen-bond acceptors (Lipinski definition) is 4. The second-order valence-electron chi connectivity index (χ2n) is 7.09. The van der Waals surface area contributed by atoms with Gasteiger partial charge in [0.05, 0.1) is 23.8 Å². The Morgan fingerprint density at radius 2 is 2.09 bits per heavy atom. The summed E-state index contributed by atoms with van der Waals surface area (Å²) in [6.45, 7) is 10.5. The van der Waals surface area contributed by atoms with E-state index in [9.17, 15) is 0 Å². The first kappa shape index (κ1) is 15.2. The summed E-state index contributed by atoms with van der Waals surface area (Å²) < 4.78 is 2.03. The smallest absolute Gasteiger partial charge is 0.141 e. The first-order valence-electron chi connectivity index (χ1n) is 8.02. The van der Waals surface area contributed by atoms with E-state index in [0.717, 1.165) is 24.6 Å². The van der Waals surface area contributed by atoms with Crippen LogP contribution in [0.25, 0.3) is 0 Å². The van der Waals surface area contributed by atoms with Gasteiger partial charge in [-0.05, 0) is 59.2 Å². The van der Waals surface area contributed by atoms with Crippen molar-refractivity contribution in [3.05, 3.63) is 41.7 Å². The molecular weight excluding hydrogens is 274 g/mol. The van der Waals surface area contributed by atoms with E-state index in [4.69, 9.17) is 4.98 Å². The Morgan fingerprint density at radius 1 is 1.27 bits per heavy atom. The van der Waals surface area contributed by atoms with Crippen LogP contribution in [0.3, 0.4) is 0 Å². The summed E-state index contributed by atoms with van der Waals surface area (Å²) >= 11 is 0. The number of pyridine rings is 1. The predicted molar refractivity (Wildman–Crippen MR) is 86.4 cm³/mol. The molecular formula is C17H25N5. The minimum atomic E-state index is -0.0390.